The van der Waals surface area contributed by atoms with E-state index < -0.39 is 108 Å². The number of phosphoric ester groups is 2. The van der Waals surface area contributed by atoms with Gasteiger partial charge in [-0.3, -0.25) is 38.2 Å². The van der Waals surface area contributed by atoms with E-state index in [1.807, 2.05) is 0 Å². The van der Waals surface area contributed by atoms with Gasteiger partial charge in [-0.1, -0.05) is 24.1 Å². The zero-order chi connectivity index (χ0) is 51.1. The highest BCUT2D eigenvalue weighted by Crippen LogP contribution is 2.75. The summed E-state index contributed by atoms with van der Waals surface area (Å²) in [7, 11) is -37.0. The molecule has 39 heteroatoms. The fraction of sp³-hybridized carbons (Fsp3) is 0.724. The number of nitrogens with zero attached hydrogens (tertiary/aromatic N) is 3. The number of aliphatic hydroxyl groups excluding tert-OH is 2. The first-order valence-electron chi connectivity index (χ1n) is 19.9. The number of imide groups is 1. The smallest absolute Gasteiger partial charge is 0.396 e. The molecule has 1 aromatic rings. The van der Waals surface area contributed by atoms with Gasteiger partial charge in [0.2, 0.25) is 17.7 Å². The van der Waals surface area contributed by atoms with Crippen LogP contribution in [0.2, 0.25) is 0 Å². The molecule has 0 spiro atoms. The summed E-state index contributed by atoms with van der Waals surface area (Å²) in [5, 5.41) is 34.3. The molecule has 1 saturated heterocycles. The molecule has 2 aliphatic heterocycles. The molecule has 0 saturated carbocycles. The maximum Gasteiger partial charge on any atom is 0.490 e. The van der Waals surface area contributed by atoms with Crippen molar-refractivity contribution in [1.29, 1.82) is 0 Å². The predicted octanol–water partition coefficient (Wildman–Crippen LogP) is -0.441. The minimum atomic E-state index is -6.50. The lowest BCUT2D eigenvalue weighted by atomic mass is 9.93. The Kier molecular flexibility index (Phi) is 23.3. The summed E-state index contributed by atoms with van der Waals surface area (Å²) in [4.78, 5) is 107. The van der Waals surface area contributed by atoms with Crippen molar-refractivity contribution in [3.05, 3.63) is 23.5 Å². The molecule has 390 valence electrons. The first-order chi connectivity index (χ1) is 31.4. The molecule has 0 aromatic carbocycles. The number of aliphatic hydroxyl groups is 2. The number of nitrogens with two attached hydrogens (primary N) is 1. The van der Waals surface area contributed by atoms with Crippen LogP contribution in [0.15, 0.2) is 17.8 Å². The summed E-state index contributed by atoms with van der Waals surface area (Å²) in [6, 6.07) is -0.857. The quantitative estimate of drug-likeness (QED) is 0.0247. The lowest BCUT2D eigenvalue weighted by Gasteiger charge is -2.24. The minimum Gasteiger partial charge on any atom is -0.396 e. The first-order valence-corrected chi connectivity index (χ1v) is 28.9. The Morgan fingerprint density at radius 1 is 0.838 bits per heavy atom. The van der Waals surface area contributed by atoms with Gasteiger partial charge in [-0.2, -0.15) is 21.6 Å². The van der Waals surface area contributed by atoms with Crippen molar-refractivity contribution < 1.29 is 121 Å². The number of hydrogen-bond donors (Lipinski definition) is 12. The lowest BCUT2D eigenvalue weighted by molar-refractivity contribution is -0.135. The van der Waals surface area contributed by atoms with Crippen LogP contribution in [0.25, 0.3) is 0 Å². The summed E-state index contributed by atoms with van der Waals surface area (Å²) in [5.41, 5.74) is 6.49. The number of unbranched alkanes of at least 4 members (excludes halogenated alkanes) is 3. The third kappa shape index (κ3) is 22.4. The number of ether oxygens (including phenoxy) is 1. The van der Waals surface area contributed by atoms with Gasteiger partial charge in [0.05, 0.1) is 43.1 Å². The lowest BCUT2D eigenvalue weighted by Crippen LogP contribution is -2.44. The average molecular weight is 1100 g/mol. The van der Waals surface area contributed by atoms with Crippen LogP contribution >= 0.6 is 46.9 Å². The number of amides is 4. The zero-order valence-corrected chi connectivity index (χ0v) is 41.0. The van der Waals surface area contributed by atoms with Gasteiger partial charge in [-0.05, 0) is 32.6 Å². The predicted molar refractivity (Wildman–Crippen MR) is 223 cm³/mol. The maximum atomic E-state index is 12.3. The van der Waals surface area contributed by atoms with Gasteiger partial charge in [-0.25, -0.2) is 27.4 Å². The maximum absolute atomic E-state index is 12.3. The molecule has 0 bridgehead atoms. The first kappa shape index (κ1) is 60.0. The molecular weight excluding hydrogens is 1050 g/mol. The average Bonchev–Trinajstić information content (AvgIpc) is 3.79. The van der Waals surface area contributed by atoms with E-state index in [4.69, 9.17) is 15.6 Å². The molecule has 0 radical (unpaired) electrons. The molecule has 33 nitrogen and oxygen atoms in total. The SMILES string of the molecule is CC1=CC([C@@H]2C[C@H](O)[C@H](COP(=O)(O)OP(=O)(O)OP(=O)(O)OP(=O)(O)OP(=O)(O)OP(=O)(O)OCCCCCCNC(=O)CCCn3cc(CC(N)C(=O)NCCCO)nn3)O2)C(=O)NC1=O. The highest BCUT2D eigenvalue weighted by atomic mass is 31.3. The molecule has 4 amide bonds. The van der Waals surface area contributed by atoms with Crippen molar-refractivity contribution in [1.82, 2.24) is 30.9 Å². The second-order valence-corrected chi connectivity index (χ2v) is 24.0. The number of carbonyl (C=O) groups is 4. The van der Waals surface area contributed by atoms with E-state index in [0.717, 1.165) is 0 Å². The van der Waals surface area contributed by atoms with Gasteiger partial charge in [0, 0.05) is 57.3 Å². The molecule has 2 aliphatic rings. The Balaban J connectivity index is 1.31. The standard InChI is InChI=1S/C29H53N7O26P6/c1-19-14-21(28(41)33-27(19)40)24-16-23(38)25(57-24)18-56-64(45,46)59-66(49,50)61-68(53,54)62-67(51,52)60-65(47,48)58-63(43,44)55-13-5-3-2-4-9-31-26(39)8-6-11-36-17-20(34-35-36)15-22(30)29(42)32-10-7-12-37/h14,17,21-25,37-38H,2-13,15-16,18,30H2,1H3,(H,31,39)(H,32,42)(H,43,44)(H,45,46)(H,47,48)(H,49,50)(H,51,52)(H,53,54)(H,33,40,41)/t21?,22?,23-,24-,25-/m0/s1. The van der Waals surface area contributed by atoms with Crippen LogP contribution in [0.3, 0.4) is 0 Å². The summed E-state index contributed by atoms with van der Waals surface area (Å²) < 4.78 is 108. The van der Waals surface area contributed by atoms with Gasteiger partial charge in [-0.15, -0.1) is 5.10 Å². The topological polar surface area (TPSA) is 499 Å². The largest absolute Gasteiger partial charge is 0.490 e. The number of aromatic nitrogens is 3. The molecular formula is C29H53N7O26P6. The van der Waals surface area contributed by atoms with Crippen LogP contribution in [-0.2, 0) is 94.9 Å². The van der Waals surface area contributed by atoms with Gasteiger partial charge < -0.3 is 60.7 Å². The Bertz CT molecular complexity index is 2250. The van der Waals surface area contributed by atoms with E-state index in [-0.39, 0.29) is 56.9 Å². The van der Waals surface area contributed by atoms with Gasteiger partial charge in [0.1, 0.15) is 6.10 Å². The van der Waals surface area contributed by atoms with Crippen LogP contribution in [0.5, 0.6) is 0 Å². The second-order valence-electron chi connectivity index (χ2n) is 14.6. The van der Waals surface area contributed by atoms with Crippen LogP contribution in [0, 0.1) is 5.92 Å². The molecule has 68 heavy (non-hydrogen) atoms. The highest BCUT2D eigenvalue weighted by molar-refractivity contribution is 7.72. The molecule has 1 fully saturated rings. The van der Waals surface area contributed by atoms with Gasteiger partial charge >= 0.3 is 46.9 Å². The molecule has 0 aliphatic carbocycles. The molecule has 13 N–H and O–H groups in total. The number of nitrogens with one attached hydrogen (secondary N) is 3. The van der Waals surface area contributed by atoms with E-state index in [1.54, 1.807) is 6.20 Å². The summed E-state index contributed by atoms with van der Waals surface area (Å²) in [6.45, 7) is 0.545. The Hall–Kier alpha value is -2.34. The van der Waals surface area contributed by atoms with Crippen molar-refractivity contribution in [2.75, 3.05) is 32.9 Å². The fourth-order valence-electron chi connectivity index (χ4n) is 5.82. The van der Waals surface area contributed by atoms with Crippen LogP contribution in [0.1, 0.15) is 64.0 Å². The molecule has 1 aromatic heterocycles. The van der Waals surface area contributed by atoms with E-state index in [2.05, 4.69) is 56.9 Å². The van der Waals surface area contributed by atoms with Crippen LogP contribution in [0.4, 0.5) is 0 Å². The van der Waals surface area contributed by atoms with Crippen LogP contribution < -0.4 is 21.7 Å². The van der Waals surface area contributed by atoms with Crippen molar-refractivity contribution in [3.8, 4) is 0 Å². The van der Waals surface area contributed by atoms with Crippen molar-refractivity contribution in [2.45, 2.75) is 95.6 Å². The Labute approximate surface area is 386 Å². The molecule has 8 unspecified atom stereocenters. The van der Waals surface area contributed by atoms with Crippen molar-refractivity contribution in [3.63, 3.8) is 0 Å². The third-order valence-corrected chi connectivity index (χ3v) is 18.1. The number of rotatable bonds is 32. The van der Waals surface area contributed by atoms with Gasteiger partial charge in [0.15, 0.2) is 0 Å². The number of phosphoric acid groups is 6. The highest BCUT2D eigenvalue weighted by Gasteiger charge is 2.50. The van der Waals surface area contributed by atoms with Gasteiger partial charge in [0.25, 0.3) is 5.91 Å². The Morgan fingerprint density at radius 2 is 1.40 bits per heavy atom. The third-order valence-electron chi connectivity index (χ3n) is 8.84. The van der Waals surface area contributed by atoms with E-state index in [0.29, 0.717) is 44.3 Å². The number of aryl methyl sites for hydroxylation is 1. The van der Waals surface area contributed by atoms with Crippen LogP contribution in [-0.4, -0.2) is 135 Å². The molecule has 3 heterocycles. The summed E-state index contributed by atoms with van der Waals surface area (Å²) in [5.74, 6) is -3.17. The fourth-order valence-corrected chi connectivity index (χ4v) is 13.7. The minimum absolute atomic E-state index is 0.0399. The second kappa shape index (κ2) is 26.4. The zero-order valence-electron chi connectivity index (χ0n) is 35.7. The summed E-state index contributed by atoms with van der Waals surface area (Å²) >= 11 is 0. The molecule has 3 rings (SSSR count). The van der Waals surface area contributed by atoms with E-state index in [1.165, 1.54) is 17.7 Å². The molecule has 11 atom stereocenters. The number of hydrogen-bond acceptors (Lipinski definition) is 23. The normalized spacial score (nSPS) is 24.5. The summed E-state index contributed by atoms with van der Waals surface area (Å²) in [6.07, 6.45) is 0.961. The van der Waals surface area contributed by atoms with Crippen molar-refractivity contribution in [2.24, 2.45) is 11.7 Å². The van der Waals surface area contributed by atoms with Crippen molar-refractivity contribution >= 4 is 70.6 Å². The number of carbonyl (C=O) groups excluding carboxylic acids is 4. The van der Waals surface area contributed by atoms with E-state index in [9.17, 15) is 81.0 Å². The van der Waals surface area contributed by atoms with E-state index >= 15 is 0 Å². The monoisotopic (exact) mass is 1100 g/mol. The Morgan fingerprint density at radius 3 is 2.00 bits per heavy atom.